The summed E-state index contributed by atoms with van der Waals surface area (Å²) in [6.07, 6.45) is 0. The summed E-state index contributed by atoms with van der Waals surface area (Å²) in [6.45, 7) is 4.88. The molecule has 0 aromatic heterocycles. The van der Waals surface area contributed by atoms with Crippen LogP contribution >= 0.6 is 0 Å². The third-order valence-corrected chi connectivity index (χ3v) is 3.65. The van der Waals surface area contributed by atoms with Crippen molar-refractivity contribution >= 4 is 0 Å². The van der Waals surface area contributed by atoms with Gasteiger partial charge in [-0.05, 0) is 47.2 Å². The van der Waals surface area contributed by atoms with Crippen LogP contribution in [0.1, 0.15) is 22.3 Å². The normalized spacial score (nSPS) is 10.7. The van der Waals surface area contributed by atoms with Gasteiger partial charge in [0.15, 0.2) is 0 Å². The SMILES string of the molecule is COCc1cccc(-c2cccc(CO)c2C)c1C. The lowest BCUT2D eigenvalue weighted by Crippen LogP contribution is -1.97. The molecule has 0 saturated heterocycles. The first kappa shape index (κ1) is 13.8. The summed E-state index contributed by atoms with van der Waals surface area (Å²) in [6, 6.07) is 12.3. The number of hydrogen-bond acceptors (Lipinski definition) is 2. The zero-order valence-corrected chi connectivity index (χ0v) is 11.7. The highest BCUT2D eigenvalue weighted by molar-refractivity contribution is 5.72. The molecule has 0 fully saturated rings. The van der Waals surface area contributed by atoms with Gasteiger partial charge in [0.25, 0.3) is 0 Å². The summed E-state index contributed by atoms with van der Waals surface area (Å²) in [4.78, 5) is 0. The average Bonchev–Trinajstić information content (AvgIpc) is 2.42. The number of aliphatic hydroxyl groups is 1. The van der Waals surface area contributed by atoms with Crippen LogP contribution in [0.2, 0.25) is 0 Å². The maximum atomic E-state index is 9.38. The Balaban J connectivity index is 2.56. The molecule has 0 spiro atoms. The van der Waals surface area contributed by atoms with Crippen LogP contribution in [0.4, 0.5) is 0 Å². The van der Waals surface area contributed by atoms with Crippen molar-refractivity contribution < 1.29 is 9.84 Å². The number of methoxy groups -OCH3 is 1. The van der Waals surface area contributed by atoms with E-state index >= 15 is 0 Å². The molecule has 0 unspecified atom stereocenters. The van der Waals surface area contributed by atoms with Gasteiger partial charge in [-0.3, -0.25) is 0 Å². The molecule has 0 saturated carbocycles. The monoisotopic (exact) mass is 256 g/mol. The van der Waals surface area contributed by atoms with Gasteiger partial charge in [-0.1, -0.05) is 36.4 Å². The summed E-state index contributed by atoms with van der Waals surface area (Å²) in [7, 11) is 1.71. The second-order valence-corrected chi connectivity index (χ2v) is 4.77. The molecule has 0 aliphatic carbocycles. The van der Waals surface area contributed by atoms with Gasteiger partial charge in [-0.2, -0.15) is 0 Å². The predicted molar refractivity (Wildman–Crippen MR) is 78.0 cm³/mol. The smallest absolute Gasteiger partial charge is 0.0715 e. The zero-order chi connectivity index (χ0) is 13.8. The van der Waals surface area contributed by atoms with Crippen LogP contribution in [0.5, 0.6) is 0 Å². The van der Waals surface area contributed by atoms with E-state index in [4.69, 9.17) is 4.74 Å². The highest BCUT2D eigenvalue weighted by Gasteiger charge is 2.10. The number of hydrogen-bond donors (Lipinski definition) is 1. The van der Waals surface area contributed by atoms with Crippen molar-refractivity contribution in [2.24, 2.45) is 0 Å². The van der Waals surface area contributed by atoms with Crippen LogP contribution < -0.4 is 0 Å². The van der Waals surface area contributed by atoms with E-state index in [9.17, 15) is 5.11 Å². The van der Waals surface area contributed by atoms with Crippen molar-refractivity contribution in [3.8, 4) is 11.1 Å². The van der Waals surface area contributed by atoms with Gasteiger partial charge >= 0.3 is 0 Å². The van der Waals surface area contributed by atoms with E-state index in [2.05, 4.69) is 38.1 Å². The first-order chi connectivity index (χ1) is 9.19. The molecule has 0 atom stereocenters. The first-order valence-corrected chi connectivity index (χ1v) is 6.46. The Labute approximate surface area is 114 Å². The Kier molecular flexibility index (Phi) is 4.35. The van der Waals surface area contributed by atoms with Crippen LogP contribution in [0, 0.1) is 13.8 Å². The zero-order valence-electron chi connectivity index (χ0n) is 11.7. The minimum Gasteiger partial charge on any atom is -0.392 e. The Morgan fingerprint density at radius 3 is 1.95 bits per heavy atom. The van der Waals surface area contributed by atoms with E-state index in [1.165, 1.54) is 22.3 Å². The van der Waals surface area contributed by atoms with Gasteiger partial charge in [-0.15, -0.1) is 0 Å². The van der Waals surface area contributed by atoms with Crippen LogP contribution in [0.25, 0.3) is 11.1 Å². The fourth-order valence-electron chi connectivity index (χ4n) is 2.43. The molecule has 0 radical (unpaired) electrons. The molecule has 0 aliphatic heterocycles. The van der Waals surface area contributed by atoms with Crippen LogP contribution in [-0.2, 0) is 18.0 Å². The van der Waals surface area contributed by atoms with Gasteiger partial charge in [-0.25, -0.2) is 0 Å². The molecule has 1 N–H and O–H groups in total. The highest BCUT2D eigenvalue weighted by atomic mass is 16.5. The van der Waals surface area contributed by atoms with Crippen molar-refractivity contribution in [1.29, 1.82) is 0 Å². The van der Waals surface area contributed by atoms with E-state index in [0.717, 1.165) is 11.1 Å². The largest absolute Gasteiger partial charge is 0.392 e. The second-order valence-electron chi connectivity index (χ2n) is 4.77. The van der Waals surface area contributed by atoms with Gasteiger partial charge in [0.2, 0.25) is 0 Å². The Bertz CT molecular complexity index is 573. The molecular formula is C17H20O2. The van der Waals surface area contributed by atoms with Crippen LogP contribution in [-0.4, -0.2) is 12.2 Å². The van der Waals surface area contributed by atoms with Gasteiger partial charge in [0.1, 0.15) is 0 Å². The molecule has 2 aromatic carbocycles. The van der Waals surface area contributed by atoms with Crippen molar-refractivity contribution in [3.63, 3.8) is 0 Å². The molecule has 2 aromatic rings. The molecule has 0 amide bonds. The third kappa shape index (κ3) is 2.70. The molecule has 0 heterocycles. The molecule has 2 rings (SSSR count). The molecule has 0 bridgehead atoms. The number of ether oxygens (including phenoxy) is 1. The maximum Gasteiger partial charge on any atom is 0.0715 e. The molecular weight excluding hydrogens is 236 g/mol. The maximum absolute atomic E-state index is 9.38. The van der Waals surface area contributed by atoms with Crippen molar-refractivity contribution in [2.45, 2.75) is 27.1 Å². The van der Waals surface area contributed by atoms with E-state index in [1.807, 2.05) is 12.1 Å². The lowest BCUT2D eigenvalue weighted by atomic mass is 9.92. The Morgan fingerprint density at radius 2 is 1.42 bits per heavy atom. The molecule has 2 heteroatoms. The molecule has 0 aliphatic rings. The molecule has 100 valence electrons. The van der Waals surface area contributed by atoms with Crippen LogP contribution in [0.15, 0.2) is 36.4 Å². The summed E-state index contributed by atoms with van der Waals surface area (Å²) in [5, 5.41) is 9.38. The fourth-order valence-corrected chi connectivity index (χ4v) is 2.43. The number of benzene rings is 2. The Hall–Kier alpha value is -1.64. The fraction of sp³-hybridized carbons (Fsp3) is 0.294. The summed E-state index contributed by atoms with van der Waals surface area (Å²) < 4.78 is 5.23. The summed E-state index contributed by atoms with van der Waals surface area (Å²) in [5.41, 5.74) is 6.96. The van der Waals surface area contributed by atoms with Gasteiger partial charge in [0, 0.05) is 7.11 Å². The van der Waals surface area contributed by atoms with Crippen molar-refractivity contribution in [2.75, 3.05) is 7.11 Å². The minimum absolute atomic E-state index is 0.0798. The standard InChI is InChI=1S/C17H20O2/c1-12-14(10-18)6-4-8-16(12)17-9-5-7-15(11-19-3)13(17)2/h4-9,18H,10-11H2,1-3H3. The number of rotatable bonds is 4. The van der Waals surface area contributed by atoms with Crippen molar-refractivity contribution in [1.82, 2.24) is 0 Å². The third-order valence-electron chi connectivity index (χ3n) is 3.65. The topological polar surface area (TPSA) is 29.5 Å². The highest BCUT2D eigenvalue weighted by Crippen LogP contribution is 2.30. The quantitative estimate of drug-likeness (QED) is 0.905. The van der Waals surface area contributed by atoms with E-state index in [-0.39, 0.29) is 6.61 Å². The lowest BCUT2D eigenvalue weighted by Gasteiger charge is -2.15. The average molecular weight is 256 g/mol. The summed E-state index contributed by atoms with van der Waals surface area (Å²) in [5.74, 6) is 0. The van der Waals surface area contributed by atoms with Gasteiger partial charge < -0.3 is 9.84 Å². The number of aliphatic hydroxyl groups excluding tert-OH is 1. The second kappa shape index (κ2) is 6.00. The van der Waals surface area contributed by atoms with E-state index in [0.29, 0.717) is 6.61 Å². The molecule has 19 heavy (non-hydrogen) atoms. The van der Waals surface area contributed by atoms with E-state index in [1.54, 1.807) is 7.11 Å². The minimum atomic E-state index is 0.0798. The first-order valence-electron chi connectivity index (χ1n) is 6.46. The predicted octanol–water partition coefficient (Wildman–Crippen LogP) is 3.61. The summed E-state index contributed by atoms with van der Waals surface area (Å²) >= 11 is 0. The Morgan fingerprint density at radius 1 is 0.895 bits per heavy atom. The molecule has 2 nitrogen and oxygen atoms in total. The van der Waals surface area contributed by atoms with E-state index < -0.39 is 0 Å². The van der Waals surface area contributed by atoms with Crippen LogP contribution in [0.3, 0.4) is 0 Å². The van der Waals surface area contributed by atoms with Gasteiger partial charge in [0.05, 0.1) is 13.2 Å². The van der Waals surface area contributed by atoms with Crippen molar-refractivity contribution in [3.05, 3.63) is 58.7 Å². The lowest BCUT2D eigenvalue weighted by molar-refractivity contribution is 0.184.